The molecule has 0 unspecified atom stereocenters. The zero-order chi connectivity index (χ0) is 22.0. The molecule has 1 aliphatic rings. The Morgan fingerprint density at radius 3 is 1.85 bits per heavy atom. The van der Waals surface area contributed by atoms with Gasteiger partial charge in [0.1, 0.15) is 0 Å². The number of nitrogen functional groups attached to an aromatic ring is 1. The van der Waals surface area contributed by atoms with Crippen molar-refractivity contribution in [2.75, 3.05) is 5.84 Å². The molecule has 0 amide bonds. The zero-order valence-electron chi connectivity index (χ0n) is 18.1. The number of rotatable bonds is 2. The molecular formula is C31H22N2. The zero-order valence-corrected chi connectivity index (χ0v) is 18.1. The van der Waals surface area contributed by atoms with Gasteiger partial charge in [-0.2, -0.15) is 0 Å². The van der Waals surface area contributed by atoms with Gasteiger partial charge in [0.15, 0.2) is 0 Å². The average molecular weight is 423 g/mol. The van der Waals surface area contributed by atoms with Gasteiger partial charge < -0.3 is 5.84 Å². The van der Waals surface area contributed by atoms with Crippen molar-refractivity contribution in [2.24, 2.45) is 0 Å². The summed E-state index contributed by atoms with van der Waals surface area (Å²) in [6.07, 6.45) is 0. The van der Waals surface area contributed by atoms with E-state index in [0.717, 1.165) is 11.0 Å². The highest BCUT2D eigenvalue weighted by Gasteiger charge is 2.47. The first kappa shape index (κ1) is 18.3. The Hall–Kier alpha value is -4.30. The second-order valence-electron chi connectivity index (χ2n) is 8.80. The summed E-state index contributed by atoms with van der Waals surface area (Å²) in [5.74, 6) is 6.79. The first-order chi connectivity index (χ1) is 16.3. The predicted molar refractivity (Wildman–Crippen MR) is 137 cm³/mol. The summed E-state index contributed by atoms with van der Waals surface area (Å²) in [6, 6.07) is 43.5. The van der Waals surface area contributed by atoms with Crippen molar-refractivity contribution < 1.29 is 0 Å². The molecule has 2 nitrogen and oxygen atoms in total. The smallest absolute Gasteiger partial charge is 0.0785 e. The summed E-state index contributed by atoms with van der Waals surface area (Å²) in [6.45, 7) is 0. The van der Waals surface area contributed by atoms with Crippen molar-refractivity contribution >= 4 is 21.8 Å². The van der Waals surface area contributed by atoms with Crippen LogP contribution in [0.3, 0.4) is 0 Å². The Labute approximate surface area is 192 Å². The van der Waals surface area contributed by atoms with Crippen molar-refractivity contribution in [1.82, 2.24) is 4.68 Å². The minimum atomic E-state index is -0.404. The normalized spacial score (nSPS) is 13.8. The van der Waals surface area contributed by atoms with Gasteiger partial charge >= 0.3 is 0 Å². The van der Waals surface area contributed by atoms with Crippen molar-refractivity contribution in [1.29, 1.82) is 0 Å². The van der Waals surface area contributed by atoms with Crippen LogP contribution in [0.1, 0.15) is 22.3 Å². The summed E-state index contributed by atoms with van der Waals surface area (Å²) in [4.78, 5) is 0. The lowest BCUT2D eigenvalue weighted by Gasteiger charge is -2.33. The molecule has 156 valence electrons. The van der Waals surface area contributed by atoms with E-state index < -0.39 is 5.41 Å². The van der Waals surface area contributed by atoms with Crippen LogP contribution in [0.15, 0.2) is 121 Å². The monoisotopic (exact) mass is 422 g/mol. The van der Waals surface area contributed by atoms with Gasteiger partial charge in [0.25, 0.3) is 0 Å². The van der Waals surface area contributed by atoms with E-state index in [1.165, 1.54) is 44.2 Å². The maximum atomic E-state index is 6.79. The van der Waals surface area contributed by atoms with Gasteiger partial charge in [-0.3, -0.25) is 4.68 Å². The third kappa shape index (κ3) is 2.22. The number of nitrogens with two attached hydrogens (primary N) is 1. The van der Waals surface area contributed by atoms with Crippen LogP contribution >= 0.6 is 0 Å². The molecule has 1 heterocycles. The van der Waals surface area contributed by atoms with Gasteiger partial charge in [-0.15, -0.1) is 0 Å². The molecule has 0 radical (unpaired) electrons. The highest BCUT2D eigenvalue weighted by atomic mass is 15.3. The van der Waals surface area contributed by atoms with E-state index in [1.807, 2.05) is 4.68 Å². The fourth-order valence-electron chi connectivity index (χ4n) is 6.01. The van der Waals surface area contributed by atoms with Crippen molar-refractivity contribution in [3.05, 3.63) is 144 Å². The van der Waals surface area contributed by atoms with Crippen LogP contribution in [0.2, 0.25) is 0 Å². The van der Waals surface area contributed by atoms with Crippen LogP contribution in [0.5, 0.6) is 0 Å². The minimum Gasteiger partial charge on any atom is -0.339 e. The van der Waals surface area contributed by atoms with Gasteiger partial charge in [-0.1, -0.05) is 115 Å². The van der Waals surface area contributed by atoms with E-state index >= 15 is 0 Å². The van der Waals surface area contributed by atoms with Gasteiger partial charge in [0.05, 0.1) is 16.4 Å². The standard InChI is InChI=1S/C31H22N2/c32-33-28-18-10-8-15-23(28)24-19-20-27-29(30(24)33)25-16-7-9-17-26(25)31(27,21-11-3-1-4-12-21)22-13-5-2-6-14-22/h1-20H,32H2. The third-order valence-electron chi connectivity index (χ3n) is 7.29. The second kappa shape index (κ2) is 6.60. The number of para-hydroxylation sites is 1. The van der Waals surface area contributed by atoms with Crippen LogP contribution in [0.4, 0.5) is 0 Å². The van der Waals surface area contributed by atoms with Crippen LogP contribution in [0, 0.1) is 0 Å². The van der Waals surface area contributed by atoms with E-state index in [0.29, 0.717) is 0 Å². The maximum absolute atomic E-state index is 6.79. The van der Waals surface area contributed by atoms with E-state index in [-0.39, 0.29) is 0 Å². The van der Waals surface area contributed by atoms with Crippen LogP contribution in [-0.4, -0.2) is 4.68 Å². The van der Waals surface area contributed by atoms with Crippen molar-refractivity contribution in [3.63, 3.8) is 0 Å². The average Bonchev–Trinajstić information content (AvgIpc) is 3.35. The van der Waals surface area contributed by atoms with Crippen LogP contribution < -0.4 is 5.84 Å². The van der Waals surface area contributed by atoms with Crippen molar-refractivity contribution in [2.45, 2.75) is 5.41 Å². The largest absolute Gasteiger partial charge is 0.339 e. The summed E-state index contributed by atoms with van der Waals surface area (Å²) >= 11 is 0. The van der Waals surface area contributed by atoms with Crippen molar-refractivity contribution in [3.8, 4) is 11.1 Å². The van der Waals surface area contributed by atoms with E-state index in [4.69, 9.17) is 5.84 Å². The molecule has 7 rings (SSSR count). The molecule has 2 heteroatoms. The lowest BCUT2D eigenvalue weighted by Crippen LogP contribution is -2.28. The molecule has 5 aromatic carbocycles. The van der Waals surface area contributed by atoms with Crippen LogP contribution in [-0.2, 0) is 5.41 Å². The van der Waals surface area contributed by atoms with Gasteiger partial charge in [0.2, 0.25) is 0 Å². The SMILES string of the molecule is Nn1c2ccccc2c2ccc3c(c21)-c1ccccc1C3(c1ccccc1)c1ccccc1. The van der Waals surface area contributed by atoms with Gasteiger partial charge in [0, 0.05) is 16.3 Å². The molecule has 0 saturated heterocycles. The molecule has 0 fully saturated rings. The Kier molecular flexibility index (Phi) is 3.66. The molecule has 0 bridgehead atoms. The molecule has 1 aromatic heterocycles. The Morgan fingerprint density at radius 1 is 0.515 bits per heavy atom. The molecule has 33 heavy (non-hydrogen) atoms. The molecule has 0 saturated carbocycles. The highest BCUT2D eigenvalue weighted by molar-refractivity contribution is 6.15. The first-order valence-corrected chi connectivity index (χ1v) is 11.3. The summed E-state index contributed by atoms with van der Waals surface area (Å²) in [5.41, 5.74) is 9.33. The number of nitrogens with zero attached hydrogens (tertiary/aromatic N) is 1. The number of aromatic nitrogens is 1. The first-order valence-electron chi connectivity index (χ1n) is 11.3. The Balaban J connectivity index is 1.73. The number of hydrogen-bond donors (Lipinski definition) is 1. The number of hydrogen-bond acceptors (Lipinski definition) is 1. The molecular weight excluding hydrogens is 400 g/mol. The van der Waals surface area contributed by atoms with E-state index in [1.54, 1.807) is 0 Å². The predicted octanol–water partition coefficient (Wildman–Crippen LogP) is 6.87. The molecule has 0 spiro atoms. The fraction of sp³-hybridized carbons (Fsp3) is 0.0323. The summed E-state index contributed by atoms with van der Waals surface area (Å²) < 4.78 is 1.88. The molecule has 1 aliphatic carbocycles. The van der Waals surface area contributed by atoms with E-state index in [9.17, 15) is 0 Å². The minimum absolute atomic E-state index is 0.404. The lowest BCUT2D eigenvalue weighted by atomic mass is 9.67. The topological polar surface area (TPSA) is 30.9 Å². The highest BCUT2D eigenvalue weighted by Crippen LogP contribution is 2.58. The van der Waals surface area contributed by atoms with Gasteiger partial charge in [-0.05, 0) is 33.9 Å². The van der Waals surface area contributed by atoms with E-state index in [2.05, 4.69) is 121 Å². The maximum Gasteiger partial charge on any atom is 0.0785 e. The second-order valence-corrected chi connectivity index (χ2v) is 8.80. The molecule has 0 aliphatic heterocycles. The van der Waals surface area contributed by atoms with Crippen LogP contribution in [0.25, 0.3) is 32.9 Å². The molecule has 0 atom stereocenters. The quantitative estimate of drug-likeness (QED) is 0.303. The molecule has 6 aromatic rings. The Morgan fingerprint density at radius 2 is 1.12 bits per heavy atom. The fourth-order valence-corrected chi connectivity index (χ4v) is 6.01. The Bertz CT molecular complexity index is 1620. The number of fused-ring (bicyclic) bond motifs is 7. The lowest BCUT2D eigenvalue weighted by molar-refractivity contribution is 0.769. The van der Waals surface area contributed by atoms with Gasteiger partial charge in [-0.25, -0.2) is 0 Å². The summed E-state index contributed by atoms with van der Waals surface area (Å²) in [7, 11) is 0. The molecule has 2 N–H and O–H groups in total. The number of benzene rings is 5. The third-order valence-corrected chi connectivity index (χ3v) is 7.29. The summed E-state index contributed by atoms with van der Waals surface area (Å²) in [5, 5.41) is 2.38.